The first-order valence-corrected chi connectivity index (χ1v) is 14.1. The Morgan fingerprint density at radius 1 is 1.07 bits per heavy atom. The minimum absolute atomic E-state index is 0.0789. The van der Waals surface area contributed by atoms with Crippen LogP contribution in [0.3, 0.4) is 0 Å². The third-order valence-electron chi connectivity index (χ3n) is 7.16. The van der Waals surface area contributed by atoms with E-state index in [0.29, 0.717) is 29.2 Å². The molecule has 8 heteroatoms. The molecule has 0 saturated carbocycles. The smallest absolute Gasteiger partial charge is 0.293 e. The summed E-state index contributed by atoms with van der Waals surface area (Å²) in [4.78, 5) is 30.0. The molecule has 0 saturated heterocycles. The number of hydrogen-bond donors (Lipinski definition) is 4. The van der Waals surface area contributed by atoms with Crippen molar-refractivity contribution in [3.05, 3.63) is 106 Å². The van der Waals surface area contributed by atoms with Crippen molar-refractivity contribution in [2.45, 2.75) is 46.5 Å². The molecule has 0 unspecified atom stereocenters. The van der Waals surface area contributed by atoms with Crippen LogP contribution >= 0.6 is 0 Å². The van der Waals surface area contributed by atoms with Crippen LogP contribution in [0.15, 0.2) is 78.2 Å². The molecule has 218 valence electrons. The Hall–Kier alpha value is -4.85. The van der Waals surface area contributed by atoms with Gasteiger partial charge in [-0.25, -0.2) is 4.98 Å². The third-order valence-corrected chi connectivity index (χ3v) is 7.16. The first-order valence-electron chi connectivity index (χ1n) is 14.1. The van der Waals surface area contributed by atoms with Crippen LogP contribution in [0.2, 0.25) is 0 Å². The number of nitrogens with two attached hydrogens (primary N) is 1. The summed E-state index contributed by atoms with van der Waals surface area (Å²) < 4.78 is 1.50. The van der Waals surface area contributed by atoms with Gasteiger partial charge >= 0.3 is 0 Å². The molecule has 0 aliphatic heterocycles. The quantitative estimate of drug-likeness (QED) is 0.170. The molecule has 1 aromatic heterocycles. The summed E-state index contributed by atoms with van der Waals surface area (Å²) in [5, 5.41) is 9.37. The normalized spacial score (nSPS) is 11.2. The number of amides is 1. The van der Waals surface area contributed by atoms with Crippen molar-refractivity contribution < 1.29 is 4.79 Å². The summed E-state index contributed by atoms with van der Waals surface area (Å²) in [5.41, 5.74) is 13.6. The van der Waals surface area contributed by atoms with E-state index < -0.39 is 0 Å². The molecule has 0 aliphatic rings. The van der Waals surface area contributed by atoms with E-state index in [0.717, 1.165) is 34.5 Å². The Morgan fingerprint density at radius 3 is 2.43 bits per heavy atom. The number of rotatable bonds is 9. The fourth-order valence-corrected chi connectivity index (χ4v) is 4.59. The fraction of sp³-hybridized carbons (Fsp3) is 0.265. The first-order chi connectivity index (χ1) is 19.9. The standard InChI is InChI=1S/C34H40N6O2/c1-8-18-36-32(41)27-17-16-25(19-28(27)35)38-31-33(42)40(7)20-30(39-31)26-10-9-11-29(21(26)2)37-22(3)23-12-14-24(15-13-23)34(4,5)6/h9-17,19-20,37H,3,8,18,35H2,1-2,4-7H3,(H,36,41)(H,38,39). The minimum atomic E-state index is -0.291. The summed E-state index contributed by atoms with van der Waals surface area (Å²) >= 11 is 0. The van der Waals surface area contributed by atoms with Gasteiger partial charge in [-0.2, -0.15) is 0 Å². The van der Waals surface area contributed by atoms with Crippen molar-refractivity contribution in [3.8, 4) is 11.3 Å². The van der Waals surface area contributed by atoms with Gasteiger partial charge in [0.2, 0.25) is 0 Å². The maximum Gasteiger partial charge on any atom is 0.293 e. The Kier molecular flexibility index (Phi) is 8.85. The average molecular weight is 565 g/mol. The molecule has 4 aromatic rings. The topological polar surface area (TPSA) is 114 Å². The van der Waals surface area contributed by atoms with Crippen molar-refractivity contribution in [1.29, 1.82) is 0 Å². The second-order valence-corrected chi connectivity index (χ2v) is 11.5. The van der Waals surface area contributed by atoms with E-state index in [2.05, 4.69) is 72.5 Å². The highest BCUT2D eigenvalue weighted by Gasteiger charge is 2.16. The summed E-state index contributed by atoms with van der Waals surface area (Å²) in [5.74, 6) is -0.0794. The number of anilines is 4. The average Bonchev–Trinajstić information content (AvgIpc) is 2.95. The number of nitrogens with zero attached hydrogens (tertiary/aromatic N) is 2. The van der Waals surface area contributed by atoms with Crippen LogP contribution in [0.4, 0.5) is 22.9 Å². The molecule has 0 bridgehead atoms. The van der Waals surface area contributed by atoms with Crippen molar-refractivity contribution >= 4 is 34.5 Å². The predicted molar refractivity (Wildman–Crippen MR) is 174 cm³/mol. The first kappa shape index (κ1) is 30.1. The van der Waals surface area contributed by atoms with Gasteiger partial charge < -0.3 is 26.3 Å². The largest absolute Gasteiger partial charge is 0.398 e. The molecule has 5 N–H and O–H groups in total. The van der Waals surface area contributed by atoms with E-state index in [4.69, 9.17) is 5.73 Å². The molecule has 0 fully saturated rings. The summed E-state index contributed by atoms with van der Waals surface area (Å²) in [6, 6.07) is 19.3. The lowest BCUT2D eigenvalue weighted by molar-refractivity contribution is 0.0954. The van der Waals surface area contributed by atoms with Crippen molar-refractivity contribution in [2.75, 3.05) is 22.9 Å². The van der Waals surface area contributed by atoms with Crippen LogP contribution < -0.4 is 27.2 Å². The van der Waals surface area contributed by atoms with Crippen LogP contribution in [0, 0.1) is 6.92 Å². The number of nitrogen functional groups attached to an aromatic ring is 1. The molecule has 1 amide bonds. The Morgan fingerprint density at radius 2 is 1.79 bits per heavy atom. The highest BCUT2D eigenvalue weighted by molar-refractivity contribution is 5.99. The van der Waals surface area contributed by atoms with Crippen LogP contribution in [-0.2, 0) is 12.5 Å². The molecular weight excluding hydrogens is 524 g/mol. The van der Waals surface area contributed by atoms with Gasteiger partial charge in [0.1, 0.15) is 0 Å². The lowest BCUT2D eigenvalue weighted by Crippen LogP contribution is -2.25. The van der Waals surface area contributed by atoms with Crippen LogP contribution in [0.5, 0.6) is 0 Å². The summed E-state index contributed by atoms with van der Waals surface area (Å²) in [7, 11) is 1.69. The second kappa shape index (κ2) is 12.3. The second-order valence-electron chi connectivity index (χ2n) is 11.5. The van der Waals surface area contributed by atoms with Crippen molar-refractivity contribution in [3.63, 3.8) is 0 Å². The van der Waals surface area contributed by atoms with E-state index in [-0.39, 0.29) is 22.7 Å². The Bertz CT molecular complexity index is 1680. The van der Waals surface area contributed by atoms with E-state index in [1.165, 1.54) is 10.1 Å². The molecule has 1 heterocycles. The number of aromatic nitrogens is 2. The SMILES string of the molecule is C=C(Nc1cccc(-c2cn(C)c(=O)c(Nc3ccc(C(=O)NCCC)c(N)c3)n2)c1C)c1ccc(C(C)(C)C)cc1. The minimum Gasteiger partial charge on any atom is -0.398 e. The van der Waals surface area contributed by atoms with E-state index >= 15 is 0 Å². The van der Waals surface area contributed by atoms with Gasteiger partial charge in [0, 0.05) is 48.1 Å². The van der Waals surface area contributed by atoms with E-state index in [9.17, 15) is 9.59 Å². The fourth-order valence-electron chi connectivity index (χ4n) is 4.59. The monoisotopic (exact) mass is 564 g/mol. The van der Waals surface area contributed by atoms with Gasteiger partial charge in [0.15, 0.2) is 5.82 Å². The van der Waals surface area contributed by atoms with Crippen LogP contribution in [-0.4, -0.2) is 22.0 Å². The molecule has 0 radical (unpaired) electrons. The van der Waals surface area contributed by atoms with Crippen molar-refractivity contribution in [1.82, 2.24) is 14.9 Å². The molecule has 0 aliphatic carbocycles. The zero-order valence-corrected chi connectivity index (χ0v) is 25.3. The predicted octanol–water partition coefficient (Wildman–Crippen LogP) is 6.60. The number of hydrogen-bond acceptors (Lipinski definition) is 6. The maximum absolute atomic E-state index is 13.0. The number of carbonyl (C=O) groups is 1. The third kappa shape index (κ3) is 6.71. The van der Waals surface area contributed by atoms with Gasteiger partial charge in [-0.3, -0.25) is 9.59 Å². The Balaban J connectivity index is 1.59. The van der Waals surface area contributed by atoms with Gasteiger partial charge in [-0.15, -0.1) is 0 Å². The molecule has 42 heavy (non-hydrogen) atoms. The Labute approximate surface area is 247 Å². The molecular formula is C34H40N6O2. The van der Waals surface area contributed by atoms with E-state index in [1.54, 1.807) is 31.4 Å². The van der Waals surface area contributed by atoms with Gasteiger partial charge in [-0.05, 0) is 59.7 Å². The van der Waals surface area contributed by atoms with Crippen LogP contribution in [0.1, 0.15) is 61.2 Å². The molecule has 0 spiro atoms. The lowest BCUT2D eigenvalue weighted by Gasteiger charge is -2.20. The molecule has 0 atom stereocenters. The van der Waals surface area contributed by atoms with Gasteiger partial charge in [0.25, 0.3) is 11.5 Å². The maximum atomic E-state index is 13.0. The lowest BCUT2D eigenvalue weighted by atomic mass is 9.86. The van der Waals surface area contributed by atoms with Crippen molar-refractivity contribution in [2.24, 2.45) is 7.05 Å². The van der Waals surface area contributed by atoms with Gasteiger partial charge in [0.05, 0.1) is 11.3 Å². The molecule has 3 aromatic carbocycles. The van der Waals surface area contributed by atoms with Crippen LogP contribution in [0.25, 0.3) is 17.0 Å². The number of carbonyl (C=O) groups excluding carboxylic acids is 1. The highest BCUT2D eigenvalue weighted by Crippen LogP contribution is 2.31. The number of nitrogens with one attached hydrogen (secondary N) is 3. The molecule has 8 nitrogen and oxygen atoms in total. The number of benzene rings is 3. The zero-order valence-electron chi connectivity index (χ0n) is 25.3. The molecule has 4 rings (SSSR count). The summed E-state index contributed by atoms with van der Waals surface area (Å²) in [6.07, 6.45) is 2.55. The summed E-state index contributed by atoms with van der Waals surface area (Å²) in [6.45, 7) is 15.4. The number of aryl methyl sites for hydroxylation is 1. The van der Waals surface area contributed by atoms with Gasteiger partial charge in [-0.1, -0.05) is 70.7 Å². The van der Waals surface area contributed by atoms with E-state index in [1.807, 2.05) is 32.0 Å². The zero-order chi connectivity index (χ0) is 30.6. The highest BCUT2D eigenvalue weighted by atomic mass is 16.1.